The van der Waals surface area contributed by atoms with Gasteiger partial charge >= 0.3 is 0 Å². The van der Waals surface area contributed by atoms with Crippen LogP contribution in [-0.2, 0) is 5.41 Å². The number of benzene rings is 1. The minimum absolute atomic E-state index is 0.140. The highest BCUT2D eigenvalue weighted by Crippen LogP contribution is 2.40. The molecule has 1 saturated carbocycles. The van der Waals surface area contributed by atoms with E-state index in [2.05, 4.69) is 50.8 Å². The van der Waals surface area contributed by atoms with Crippen molar-refractivity contribution in [2.45, 2.75) is 50.4 Å². The number of nitrogens with one attached hydrogen (secondary N) is 2. The van der Waals surface area contributed by atoms with Gasteiger partial charge in [-0.25, -0.2) is 0 Å². The van der Waals surface area contributed by atoms with Crippen LogP contribution in [0.4, 0.5) is 11.8 Å². The average Bonchev–Trinajstić information content (AvgIpc) is 3.29. The number of piperidine rings is 1. The summed E-state index contributed by atoms with van der Waals surface area (Å²) < 4.78 is 5.40. The van der Waals surface area contributed by atoms with Crippen LogP contribution in [0.15, 0.2) is 36.4 Å². The van der Waals surface area contributed by atoms with Crippen molar-refractivity contribution < 1.29 is 4.74 Å². The first kappa shape index (κ1) is 20.8. The summed E-state index contributed by atoms with van der Waals surface area (Å²) >= 11 is 5.59. The normalized spacial score (nSPS) is 18.1. The van der Waals surface area contributed by atoms with E-state index in [-0.39, 0.29) is 5.41 Å². The van der Waals surface area contributed by atoms with E-state index in [9.17, 15) is 0 Å². The van der Waals surface area contributed by atoms with E-state index in [4.69, 9.17) is 21.9 Å². The molecule has 0 amide bonds. The molecule has 0 radical (unpaired) electrons. The van der Waals surface area contributed by atoms with E-state index in [0.717, 1.165) is 25.5 Å². The molecule has 1 saturated heterocycles. The van der Waals surface area contributed by atoms with Gasteiger partial charge in [-0.1, -0.05) is 43.2 Å². The average molecular weight is 426 g/mol. The summed E-state index contributed by atoms with van der Waals surface area (Å²) in [6.07, 6.45) is 8.54. The number of hydrogen-bond donors (Lipinski definition) is 2. The quantitative estimate of drug-likeness (QED) is 0.670. The second-order valence-corrected chi connectivity index (χ2v) is 8.71. The van der Waals surface area contributed by atoms with Crippen LogP contribution in [0.2, 0.25) is 0 Å². The van der Waals surface area contributed by atoms with Gasteiger partial charge in [0.1, 0.15) is 5.82 Å². The van der Waals surface area contributed by atoms with Gasteiger partial charge in [0, 0.05) is 31.1 Å². The molecule has 1 aliphatic heterocycles. The van der Waals surface area contributed by atoms with Gasteiger partial charge in [0.15, 0.2) is 5.11 Å². The highest BCUT2D eigenvalue weighted by atomic mass is 32.1. The lowest BCUT2D eigenvalue weighted by Crippen LogP contribution is -2.41. The maximum atomic E-state index is 5.59. The summed E-state index contributed by atoms with van der Waals surface area (Å²) in [5, 5.41) is 7.17. The van der Waals surface area contributed by atoms with Crippen LogP contribution in [0.3, 0.4) is 0 Å². The third-order valence-electron chi connectivity index (χ3n) is 6.34. The highest BCUT2D eigenvalue weighted by molar-refractivity contribution is 7.80. The molecule has 0 unspecified atom stereocenters. The van der Waals surface area contributed by atoms with E-state index in [0.29, 0.717) is 16.9 Å². The molecule has 2 aromatic rings. The Kier molecular flexibility index (Phi) is 6.67. The molecule has 0 atom stereocenters. The molecule has 1 aromatic carbocycles. The van der Waals surface area contributed by atoms with E-state index < -0.39 is 0 Å². The fourth-order valence-electron chi connectivity index (χ4n) is 4.66. The molecule has 0 bridgehead atoms. The molecule has 2 fully saturated rings. The zero-order chi connectivity index (χ0) is 20.8. The van der Waals surface area contributed by atoms with Crippen LogP contribution in [0, 0.1) is 0 Å². The molecule has 2 aliphatic rings. The number of ether oxygens (including phenoxy) is 1. The minimum atomic E-state index is 0.140. The Labute approximate surface area is 184 Å². The van der Waals surface area contributed by atoms with Crippen LogP contribution >= 0.6 is 12.2 Å². The van der Waals surface area contributed by atoms with Crippen molar-refractivity contribution in [2.24, 2.45) is 0 Å². The van der Waals surface area contributed by atoms with Crippen LogP contribution < -0.4 is 20.3 Å². The Morgan fingerprint density at radius 2 is 1.80 bits per heavy atom. The summed E-state index contributed by atoms with van der Waals surface area (Å²) in [7, 11) is 1.63. The number of hydrogen-bond acceptors (Lipinski definition) is 5. The van der Waals surface area contributed by atoms with Crippen LogP contribution in [0.25, 0.3) is 0 Å². The van der Waals surface area contributed by atoms with E-state index in [1.165, 1.54) is 50.5 Å². The molecule has 6 nitrogen and oxygen atoms in total. The number of aromatic nitrogens is 2. The fourth-order valence-corrected chi connectivity index (χ4v) is 4.83. The Bertz CT molecular complexity index is 848. The molecule has 1 aliphatic carbocycles. The molecule has 2 heterocycles. The number of rotatable bonds is 6. The lowest BCUT2D eigenvalue weighted by Gasteiger charge is -2.30. The molecular weight excluding hydrogens is 394 g/mol. The molecule has 0 spiro atoms. The van der Waals surface area contributed by atoms with Gasteiger partial charge in [0.25, 0.3) is 0 Å². The van der Waals surface area contributed by atoms with Crippen LogP contribution in [0.1, 0.15) is 50.5 Å². The van der Waals surface area contributed by atoms with Gasteiger partial charge in [0.05, 0.1) is 7.11 Å². The first-order chi connectivity index (χ1) is 14.7. The molecule has 1 aromatic heterocycles. The molecule has 2 N–H and O–H groups in total. The number of nitrogens with zero attached hydrogens (tertiary/aromatic N) is 3. The van der Waals surface area contributed by atoms with Crippen molar-refractivity contribution >= 4 is 29.1 Å². The summed E-state index contributed by atoms with van der Waals surface area (Å²) in [6, 6.07) is 12.7. The van der Waals surface area contributed by atoms with Gasteiger partial charge in [-0.15, -0.1) is 0 Å². The molecular formula is C23H31N5OS. The predicted molar refractivity (Wildman–Crippen MR) is 125 cm³/mol. The Morgan fingerprint density at radius 3 is 2.50 bits per heavy atom. The monoisotopic (exact) mass is 425 g/mol. The van der Waals surface area contributed by atoms with Crippen molar-refractivity contribution in [3.8, 4) is 5.88 Å². The largest absolute Gasteiger partial charge is 0.481 e. The van der Waals surface area contributed by atoms with Gasteiger partial charge < -0.3 is 20.3 Å². The van der Waals surface area contributed by atoms with Crippen molar-refractivity contribution in [2.75, 3.05) is 37.0 Å². The van der Waals surface area contributed by atoms with Gasteiger partial charge in [0.2, 0.25) is 11.8 Å². The first-order valence-corrected chi connectivity index (χ1v) is 11.4. The molecule has 30 heavy (non-hydrogen) atoms. The maximum absolute atomic E-state index is 5.59. The topological polar surface area (TPSA) is 62.3 Å². The lowest BCUT2D eigenvalue weighted by molar-refractivity contribution is 0.397. The highest BCUT2D eigenvalue weighted by Gasteiger charge is 2.35. The van der Waals surface area contributed by atoms with E-state index in [1.807, 2.05) is 6.07 Å². The van der Waals surface area contributed by atoms with Crippen molar-refractivity contribution in [1.82, 2.24) is 15.3 Å². The molecule has 160 valence electrons. The van der Waals surface area contributed by atoms with Crippen LogP contribution in [-0.4, -0.2) is 41.8 Å². The molecule has 7 heteroatoms. The first-order valence-electron chi connectivity index (χ1n) is 11.0. The van der Waals surface area contributed by atoms with Gasteiger partial charge in [-0.2, -0.15) is 9.97 Å². The van der Waals surface area contributed by atoms with Gasteiger partial charge in [-0.05, 0) is 49.9 Å². The third kappa shape index (κ3) is 4.83. The van der Waals surface area contributed by atoms with Crippen molar-refractivity contribution in [1.29, 1.82) is 0 Å². The fraction of sp³-hybridized carbons (Fsp3) is 0.522. The SMILES string of the molecule is COc1cc(N2CCCCC2)nc(NC(=S)NCC2(c3ccccc3)CCCC2)n1. The molecule has 4 rings (SSSR count). The summed E-state index contributed by atoms with van der Waals surface area (Å²) in [5.74, 6) is 1.92. The Balaban J connectivity index is 1.43. The smallest absolute Gasteiger partial charge is 0.234 e. The minimum Gasteiger partial charge on any atom is -0.481 e. The second-order valence-electron chi connectivity index (χ2n) is 8.30. The zero-order valence-electron chi connectivity index (χ0n) is 17.7. The van der Waals surface area contributed by atoms with Crippen molar-refractivity contribution in [3.05, 3.63) is 42.0 Å². The van der Waals surface area contributed by atoms with Crippen molar-refractivity contribution in [3.63, 3.8) is 0 Å². The number of anilines is 2. The third-order valence-corrected chi connectivity index (χ3v) is 6.58. The summed E-state index contributed by atoms with van der Waals surface area (Å²) in [6.45, 7) is 2.84. The van der Waals surface area contributed by atoms with Crippen LogP contribution in [0.5, 0.6) is 5.88 Å². The summed E-state index contributed by atoms with van der Waals surface area (Å²) in [4.78, 5) is 11.4. The number of thiocarbonyl (C=S) groups is 1. The second kappa shape index (κ2) is 9.60. The number of methoxy groups -OCH3 is 1. The van der Waals surface area contributed by atoms with E-state index >= 15 is 0 Å². The standard InChI is InChI=1S/C23H31N5OS/c1-29-20-16-19(28-14-8-3-9-15-28)25-21(26-20)27-22(30)24-17-23(12-6-7-13-23)18-10-4-2-5-11-18/h2,4-5,10-11,16H,3,6-9,12-15,17H2,1H3,(H2,24,25,26,27,30). The summed E-state index contributed by atoms with van der Waals surface area (Å²) in [5.41, 5.74) is 1.53. The zero-order valence-corrected chi connectivity index (χ0v) is 18.5. The Morgan fingerprint density at radius 1 is 1.07 bits per heavy atom. The van der Waals surface area contributed by atoms with Gasteiger partial charge in [-0.3, -0.25) is 0 Å². The predicted octanol–water partition coefficient (Wildman–Crippen LogP) is 4.27. The maximum Gasteiger partial charge on any atom is 0.234 e. The lowest BCUT2D eigenvalue weighted by atomic mass is 9.79. The van der Waals surface area contributed by atoms with E-state index in [1.54, 1.807) is 7.11 Å². The Hall–Kier alpha value is -2.41.